The number of hydrogen-bond acceptors (Lipinski definition) is 3. The van der Waals surface area contributed by atoms with Crippen molar-refractivity contribution in [2.24, 2.45) is 14.1 Å². The van der Waals surface area contributed by atoms with Gasteiger partial charge in [0.1, 0.15) is 6.54 Å². The molecule has 3 heterocycles. The van der Waals surface area contributed by atoms with E-state index >= 15 is 0 Å². The second-order valence-electron chi connectivity index (χ2n) is 8.10. The molecule has 1 aromatic carbocycles. The fourth-order valence-corrected chi connectivity index (χ4v) is 4.55. The van der Waals surface area contributed by atoms with Gasteiger partial charge in [-0.1, -0.05) is 23.7 Å². The summed E-state index contributed by atoms with van der Waals surface area (Å²) in [7, 11) is 3.18. The van der Waals surface area contributed by atoms with Crippen molar-refractivity contribution in [1.82, 2.24) is 18.7 Å². The van der Waals surface area contributed by atoms with Crippen LogP contribution in [0.1, 0.15) is 37.6 Å². The van der Waals surface area contributed by atoms with Gasteiger partial charge in [0.2, 0.25) is 0 Å². The molecule has 0 saturated carbocycles. The van der Waals surface area contributed by atoms with Gasteiger partial charge in [-0.2, -0.15) is 0 Å². The van der Waals surface area contributed by atoms with Crippen LogP contribution in [-0.4, -0.2) is 31.3 Å². The first kappa shape index (κ1) is 19.9. The van der Waals surface area contributed by atoms with E-state index in [0.29, 0.717) is 28.8 Å². The monoisotopic (exact) mass is 416 g/mol. The summed E-state index contributed by atoms with van der Waals surface area (Å²) in [6.07, 6.45) is 3.66. The van der Waals surface area contributed by atoms with Crippen LogP contribution in [-0.2, 0) is 27.2 Å². The maximum atomic E-state index is 13.0. The Hall–Kier alpha value is -2.38. The molecule has 1 aliphatic rings. The van der Waals surface area contributed by atoms with Crippen LogP contribution in [0.2, 0.25) is 5.02 Å². The minimum Gasteiger partial charge on any atom is -0.326 e. The van der Waals surface area contributed by atoms with Crippen molar-refractivity contribution in [1.29, 1.82) is 0 Å². The van der Waals surface area contributed by atoms with Crippen LogP contribution >= 0.6 is 11.6 Å². The van der Waals surface area contributed by atoms with E-state index in [1.807, 2.05) is 28.8 Å². The van der Waals surface area contributed by atoms with Crippen LogP contribution < -0.4 is 16.1 Å². The van der Waals surface area contributed by atoms with Gasteiger partial charge in [-0.05, 0) is 43.9 Å². The summed E-state index contributed by atoms with van der Waals surface area (Å²) in [6.45, 7) is 4.58. The van der Waals surface area contributed by atoms with Crippen molar-refractivity contribution < 1.29 is 4.90 Å². The lowest BCUT2D eigenvalue weighted by atomic mass is 10.0. The second-order valence-corrected chi connectivity index (χ2v) is 8.54. The highest BCUT2D eigenvalue weighted by Gasteiger charge is 2.26. The Morgan fingerprint density at radius 3 is 2.72 bits per heavy atom. The Labute approximate surface area is 174 Å². The summed E-state index contributed by atoms with van der Waals surface area (Å²) in [4.78, 5) is 31.7. The molecule has 1 N–H and O–H groups in total. The number of aryl methyl sites for hydroxylation is 1. The molecule has 0 spiro atoms. The molecule has 8 heteroatoms. The molecule has 3 aromatic rings. The average Bonchev–Trinajstić information content (AvgIpc) is 3.05. The number of hydrogen-bond donors (Lipinski definition) is 1. The van der Waals surface area contributed by atoms with Crippen molar-refractivity contribution in [2.45, 2.75) is 45.3 Å². The standard InChI is InChI=1S/C21H26ClN5O2/c1-14-7-4-5-10-26(14)13-17-23-19-18(20(28)25(3)21(29)24(19)2)27(17)12-15-8-6-9-16(22)11-15/h6,8-9,11,14H,4-5,7,10,12-13H2,1-3H3/p+1/t14-/m0/s1. The van der Waals surface area contributed by atoms with Crippen LogP contribution in [0.4, 0.5) is 0 Å². The van der Waals surface area contributed by atoms with E-state index in [2.05, 4.69) is 6.92 Å². The van der Waals surface area contributed by atoms with Crippen LogP contribution in [0.25, 0.3) is 11.2 Å². The van der Waals surface area contributed by atoms with Crippen molar-refractivity contribution in [2.75, 3.05) is 6.54 Å². The first-order valence-electron chi connectivity index (χ1n) is 10.1. The number of benzene rings is 1. The van der Waals surface area contributed by atoms with Gasteiger partial charge in [-0.3, -0.25) is 13.9 Å². The molecular formula is C21H27ClN5O2+. The Kier molecular flexibility index (Phi) is 5.36. The number of piperidine rings is 1. The maximum absolute atomic E-state index is 13.0. The lowest BCUT2D eigenvalue weighted by Crippen LogP contribution is -3.15. The van der Waals surface area contributed by atoms with Crippen LogP contribution in [0, 0.1) is 0 Å². The Morgan fingerprint density at radius 2 is 2.00 bits per heavy atom. The van der Waals surface area contributed by atoms with Gasteiger partial charge in [-0.15, -0.1) is 0 Å². The molecule has 2 aromatic heterocycles. The van der Waals surface area contributed by atoms with E-state index in [4.69, 9.17) is 16.6 Å². The highest BCUT2D eigenvalue weighted by atomic mass is 35.5. The number of nitrogens with zero attached hydrogens (tertiary/aromatic N) is 4. The van der Waals surface area contributed by atoms with Crippen molar-refractivity contribution in [3.05, 3.63) is 61.5 Å². The highest BCUT2D eigenvalue weighted by molar-refractivity contribution is 6.30. The molecule has 0 aliphatic carbocycles. The third kappa shape index (κ3) is 3.65. The molecule has 2 atom stereocenters. The fourth-order valence-electron chi connectivity index (χ4n) is 4.33. The summed E-state index contributed by atoms with van der Waals surface area (Å²) < 4.78 is 4.58. The van der Waals surface area contributed by atoms with E-state index in [-0.39, 0.29) is 11.2 Å². The molecule has 154 valence electrons. The molecule has 0 radical (unpaired) electrons. The zero-order valence-electron chi connectivity index (χ0n) is 17.1. The molecule has 4 rings (SSSR count). The summed E-state index contributed by atoms with van der Waals surface area (Å²) >= 11 is 6.18. The normalized spacial score (nSPS) is 19.7. The topological polar surface area (TPSA) is 66.3 Å². The molecule has 1 unspecified atom stereocenters. The molecule has 0 bridgehead atoms. The SMILES string of the molecule is C[C@H]1CCCC[NH+]1Cc1nc2c(c(=O)n(C)c(=O)n2C)n1Cc1cccc(Cl)c1. The van der Waals surface area contributed by atoms with Gasteiger partial charge >= 0.3 is 5.69 Å². The van der Waals surface area contributed by atoms with Gasteiger partial charge in [0.15, 0.2) is 17.0 Å². The third-order valence-corrected chi connectivity index (χ3v) is 6.36. The number of halogens is 1. The number of nitrogens with one attached hydrogen (secondary N) is 1. The molecule has 1 fully saturated rings. The van der Waals surface area contributed by atoms with Crippen molar-refractivity contribution in [3.63, 3.8) is 0 Å². The number of rotatable bonds is 4. The minimum atomic E-state index is -0.361. The largest absolute Gasteiger partial charge is 0.332 e. The van der Waals surface area contributed by atoms with E-state index in [1.54, 1.807) is 7.05 Å². The van der Waals surface area contributed by atoms with Gasteiger partial charge in [0.05, 0.1) is 12.6 Å². The molecule has 1 saturated heterocycles. The molecule has 0 amide bonds. The first-order chi connectivity index (χ1) is 13.9. The number of fused-ring (bicyclic) bond motifs is 1. The maximum Gasteiger partial charge on any atom is 0.332 e. The predicted octanol–water partition coefficient (Wildman–Crippen LogP) is 1.09. The van der Waals surface area contributed by atoms with E-state index in [1.165, 1.54) is 35.8 Å². The minimum absolute atomic E-state index is 0.314. The molecule has 1 aliphatic heterocycles. The Bertz CT molecular complexity index is 1180. The smallest absolute Gasteiger partial charge is 0.326 e. The third-order valence-electron chi connectivity index (χ3n) is 6.12. The molecule has 7 nitrogen and oxygen atoms in total. The fraction of sp³-hybridized carbons (Fsp3) is 0.476. The first-order valence-corrected chi connectivity index (χ1v) is 10.5. The summed E-state index contributed by atoms with van der Waals surface area (Å²) in [6, 6.07) is 8.18. The summed E-state index contributed by atoms with van der Waals surface area (Å²) in [5.41, 5.74) is 1.23. The van der Waals surface area contributed by atoms with Crippen molar-refractivity contribution >= 4 is 22.8 Å². The zero-order valence-corrected chi connectivity index (χ0v) is 17.9. The Balaban J connectivity index is 1.89. The van der Waals surface area contributed by atoms with Crippen LogP contribution in [0.5, 0.6) is 0 Å². The highest BCUT2D eigenvalue weighted by Crippen LogP contribution is 2.17. The van der Waals surface area contributed by atoms with Gasteiger partial charge in [-0.25, -0.2) is 9.78 Å². The quantitative estimate of drug-likeness (QED) is 0.692. The number of likely N-dealkylation sites (tertiary alicyclic amines) is 1. The predicted molar refractivity (Wildman–Crippen MR) is 114 cm³/mol. The molecular weight excluding hydrogens is 390 g/mol. The van der Waals surface area contributed by atoms with Gasteiger partial charge in [0, 0.05) is 25.7 Å². The van der Waals surface area contributed by atoms with Crippen molar-refractivity contribution in [3.8, 4) is 0 Å². The Morgan fingerprint density at radius 1 is 1.21 bits per heavy atom. The van der Waals surface area contributed by atoms with Gasteiger partial charge < -0.3 is 9.47 Å². The average molecular weight is 417 g/mol. The zero-order chi connectivity index (χ0) is 20.7. The molecule has 29 heavy (non-hydrogen) atoms. The number of imidazole rings is 1. The lowest BCUT2D eigenvalue weighted by molar-refractivity contribution is -0.942. The summed E-state index contributed by atoms with van der Waals surface area (Å²) in [5, 5.41) is 0.657. The lowest BCUT2D eigenvalue weighted by Gasteiger charge is -2.30. The number of quaternary nitrogens is 1. The van der Waals surface area contributed by atoms with Gasteiger partial charge in [0.25, 0.3) is 5.56 Å². The van der Waals surface area contributed by atoms with E-state index in [0.717, 1.165) is 29.0 Å². The summed E-state index contributed by atoms with van der Waals surface area (Å²) in [5.74, 6) is 0.835. The van der Waals surface area contributed by atoms with E-state index in [9.17, 15) is 9.59 Å². The van der Waals surface area contributed by atoms with E-state index < -0.39 is 0 Å². The van der Waals surface area contributed by atoms with Crippen LogP contribution in [0.15, 0.2) is 33.9 Å². The number of aromatic nitrogens is 4. The van der Waals surface area contributed by atoms with Crippen LogP contribution in [0.3, 0.4) is 0 Å². The second kappa shape index (κ2) is 7.80.